The molecule has 1 aliphatic carbocycles. The zero-order valence-electron chi connectivity index (χ0n) is 12.1. The second kappa shape index (κ2) is 6.14. The highest BCUT2D eigenvalue weighted by Gasteiger charge is 2.33. The molecular weight excluding hydrogens is 266 g/mol. The van der Waals surface area contributed by atoms with Crippen LogP contribution in [0, 0.1) is 0 Å². The second-order valence-corrected chi connectivity index (χ2v) is 10.3. The van der Waals surface area contributed by atoms with Gasteiger partial charge in [0.15, 0.2) is 9.84 Å². The molecule has 0 unspecified atom stereocenters. The maximum absolute atomic E-state index is 12.0. The summed E-state index contributed by atoms with van der Waals surface area (Å²) in [6, 6.07) is 0. The molecule has 0 aromatic heterocycles. The van der Waals surface area contributed by atoms with Crippen LogP contribution in [0.1, 0.15) is 46.5 Å². The Kier molecular flexibility index (Phi) is 5.57. The van der Waals surface area contributed by atoms with Crippen molar-refractivity contribution in [1.29, 1.82) is 0 Å². The topological polar surface area (TPSA) is 46.2 Å². The lowest BCUT2D eigenvalue weighted by Crippen LogP contribution is -2.39. The first-order valence-electron chi connectivity index (χ1n) is 6.71. The summed E-state index contributed by atoms with van der Waals surface area (Å²) in [6.45, 7) is 6.81. The van der Waals surface area contributed by atoms with Crippen molar-refractivity contribution in [2.45, 2.75) is 55.9 Å². The lowest BCUT2D eigenvalue weighted by Gasteiger charge is -2.27. The van der Waals surface area contributed by atoms with Gasteiger partial charge in [-0.25, -0.2) is 8.42 Å². The highest BCUT2D eigenvalue weighted by molar-refractivity contribution is 8.00. The monoisotopic (exact) mass is 293 g/mol. The van der Waals surface area contributed by atoms with Gasteiger partial charge in [0.25, 0.3) is 0 Å². The third-order valence-electron chi connectivity index (χ3n) is 3.88. The van der Waals surface area contributed by atoms with Gasteiger partial charge in [-0.05, 0) is 39.9 Å². The minimum atomic E-state index is -2.99. The van der Waals surface area contributed by atoms with Gasteiger partial charge in [0.2, 0.25) is 0 Å². The molecule has 0 aromatic carbocycles. The molecular formula is C13H27NO2S2. The maximum atomic E-state index is 12.0. The van der Waals surface area contributed by atoms with Gasteiger partial charge >= 0.3 is 0 Å². The lowest BCUT2D eigenvalue weighted by molar-refractivity contribution is 0.532. The fraction of sp³-hybridized carbons (Fsp3) is 1.00. The van der Waals surface area contributed by atoms with E-state index in [0.29, 0.717) is 11.3 Å². The summed E-state index contributed by atoms with van der Waals surface area (Å²) in [5.74, 6) is 0.237. The van der Waals surface area contributed by atoms with Crippen LogP contribution in [0.3, 0.4) is 0 Å². The van der Waals surface area contributed by atoms with E-state index in [4.69, 9.17) is 0 Å². The molecule has 1 saturated carbocycles. The van der Waals surface area contributed by atoms with Gasteiger partial charge in [-0.2, -0.15) is 11.8 Å². The van der Waals surface area contributed by atoms with E-state index in [1.54, 1.807) is 20.8 Å². The molecule has 0 aromatic rings. The van der Waals surface area contributed by atoms with Crippen molar-refractivity contribution in [1.82, 2.24) is 5.32 Å². The predicted octanol–water partition coefficient (Wildman–Crippen LogP) is 2.47. The molecule has 5 heteroatoms. The summed E-state index contributed by atoms with van der Waals surface area (Å²) in [5.41, 5.74) is 0. The molecule has 0 amide bonds. The van der Waals surface area contributed by atoms with Crippen molar-refractivity contribution < 1.29 is 8.42 Å². The molecule has 3 nitrogen and oxygen atoms in total. The minimum Gasteiger partial charge on any atom is -0.314 e. The minimum absolute atomic E-state index is 0.237. The number of thioether (sulfide) groups is 1. The van der Waals surface area contributed by atoms with Crippen molar-refractivity contribution in [3.05, 3.63) is 0 Å². The van der Waals surface area contributed by atoms with Gasteiger partial charge in [-0.15, -0.1) is 0 Å². The molecule has 0 bridgehead atoms. The van der Waals surface area contributed by atoms with Crippen LogP contribution in [0.25, 0.3) is 0 Å². The zero-order valence-corrected chi connectivity index (χ0v) is 13.7. The van der Waals surface area contributed by atoms with Gasteiger partial charge in [0.1, 0.15) is 0 Å². The van der Waals surface area contributed by atoms with Crippen LogP contribution < -0.4 is 5.32 Å². The van der Waals surface area contributed by atoms with Gasteiger partial charge in [-0.3, -0.25) is 0 Å². The standard InChI is InChI=1S/C13H27NO2S2/c1-12(2,3)18(15,16)10-9-14-11-13(17-4)7-5-6-8-13/h14H,5-11H2,1-4H3. The predicted molar refractivity (Wildman–Crippen MR) is 81.1 cm³/mol. The van der Waals surface area contributed by atoms with Crippen LogP contribution in [0.5, 0.6) is 0 Å². The normalized spacial score (nSPS) is 20.2. The van der Waals surface area contributed by atoms with E-state index >= 15 is 0 Å². The maximum Gasteiger partial charge on any atom is 0.156 e. The third-order valence-corrected chi connectivity index (χ3v) is 7.90. The Morgan fingerprint density at radius 1 is 1.22 bits per heavy atom. The number of hydrogen-bond donors (Lipinski definition) is 1. The van der Waals surface area contributed by atoms with Gasteiger partial charge in [0.05, 0.1) is 10.5 Å². The fourth-order valence-electron chi connectivity index (χ4n) is 2.30. The highest BCUT2D eigenvalue weighted by atomic mass is 32.2. The van der Waals surface area contributed by atoms with E-state index in [2.05, 4.69) is 11.6 Å². The average molecular weight is 293 g/mol. The molecule has 0 radical (unpaired) electrons. The SMILES string of the molecule is CSC1(CNCCS(=O)(=O)C(C)(C)C)CCCC1. The number of rotatable bonds is 6. The first-order valence-corrected chi connectivity index (χ1v) is 9.58. The molecule has 108 valence electrons. The number of hydrogen-bond acceptors (Lipinski definition) is 4. The third kappa shape index (κ3) is 4.14. The Bertz CT molecular complexity index is 352. The van der Waals surface area contributed by atoms with Crippen LogP contribution >= 0.6 is 11.8 Å². The van der Waals surface area contributed by atoms with Crippen LogP contribution in [0.15, 0.2) is 0 Å². The second-order valence-electron chi connectivity index (χ2n) is 6.20. The zero-order chi connectivity index (χ0) is 13.9. The van der Waals surface area contributed by atoms with E-state index in [-0.39, 0.29) is 5.75 Å². The molecule has 0 atom stereocenters. The number of sulfone groups is 1. The Morgan fingerprint density at radius 3 is 2.22 bits per heavy atom. The van der Waals surface area contributed by atoms with E-state index in [9.17, 15) is 8.42 Å². The Balaban J connectivity index is 2.35. The highest BCUT2D eigenvalue weighted by Crippen LogP contribution is 2.39. The molecule has 1 aliphatic rings. The van der Waals surface area contributed by atoms with Crippen molar-refractivity contribution in [2.75, 3.05) is 25.1 Å². The quantitative estimate of drug-likeness (QED) is 0.764. The molecule has 18 heavy (non-hydrogen) atoms. The van der Waals surface area contributed by atoms with E-state index in [1.807, 2.05) is 11.8 Å². The molecule has 0 heterocycles. The van der Waals surface area contributed by atoms with Crippen molar-refractivity contribution >= 4 is 21.6 Å². The molecule has 0 saturated heterocycles. The Hall–Kier alpha value is 0.260. The molecule has 0 aliphatic heterocycles. The van der Waals surface area contributed by atoms with Crippen molar-refractivity contribution in [3.63, 3.8) is 0 Å². The van der Waals surface area contributed by atoms with Crippen LogP contribution in [0.2, 0.25) is 0 Å². The summed E-state index contributed by atoms with van der Waals surface area (Å²) < 4.78 is 23.6. The molecule has 1 rings (SSSR count). The molecule has 1 fully saturated rings. The Labute approximate surface area is 116 Å². The smallest absolute Gasteiger partial charge is 0.156 e. The van der Waals surface area contributed by atoms with Gasteiger partial charge in [0, 0.05) is 17.8 Å². The fourth-order valence-corrected chi connectivity index (χ4v) is 4.27. The van der Waals surface area contributed by atoms with Crippen LogP contribution in [0.4, 0.5) is 0 Å². The lowest BCUT2D eigenvalue weighted by atomic mass is 10.1. The van der Waals surface area contributed by atoms with Gasteiger partial charge < -0.3 is 5.32 Å². The van der Waals surface area contributed by atoms with E-state index < -0.39 is 14.6 Å². The first-order chi connectivity index (χ1) is 8.22. The molecule has 0 spiro atoms. The Morgan fingerprint density at radius 2 is 1.78 bits per heavy atom. The average Bonchev–Trinajstić information content (AvgIpc) is 2.72. The summed E-state index contributed by atoms with van der Waals surface area (Å²) in [6.07, 6.45) is 7.30. The molecule has 1 N–H and O–H groups in total. The summed E-state index contributed by atoms with van der Waals surface area (Å²) in [4.78, 5) is 0. The van der Waals surface area contributed by atoms with E-state index in [0.717, 1.165) is 6.54 Å². The van der Waals surface area contributed by atoms with Gasteiger partial charge in [-0.1, -0.05) is 12.8 Å². The van der Waals surface area contributed by atoms with Crippen molar-refractivity contribution in [3.8, 4) is 0 Å². The van der Waals surface area contributed by atoms with Crippen molar-refractivity contribution in [2.24, 2.45) is 0 Å². The van der Waals surface area contributed by atoms with E-state index in [1.165, 1.54) is 25.7 Å². The summed E-state index contributed by atoms with van der Waals surface area (Å²) in [5, 5.41) is 3.35. The largest absolute Gasteiger partial charge is 0.314 e. The number of nitrogens with one attached hydrogen (secondary N) is 1. The summed E-state index contributed by atoms with van der Waals surface area (Å²) >= 11 is 1.93. The first kappa shape index (κ1) is 16.3. The summed E-state index contributed by atoms with van der Waals surface area (Å²) in [7, 11) is -2.99. The van der Waals surface area contributed by atoms with Crippen LogP contribution in [-0.2, 0) is 9.84 Å². The van der Waals surface area contributed by atoms with Crippen LogP contribution in [-0.4, -0.2) is 43.0 Å².